The minimum atomic E-state index is 0.161. The monoisotopic (exact) mass is 324 g/mol. The Morgan fingerprint density at radius 2 is 1.96 bits per heavy atom. The van der Waals surface area contributed by atoms with Gasteiger partial charge in [-0.05, 0) is 55.3 Å². The van der Waals surface area contributed by atoms with Crippen molar-refractivity contribution in [3.63, 3.8) is 0 Å². The van der Waals surface area contributed by atoms with Crippen LogP contribution >= 0.6 is 0 Å². The number of rotatable bonds is 7. The van der Waals surface area contributed by atoms with Gasteiger partial charge in [-0.2, -0.15) is 0 Å². The maximum atomic E-state index is 8.89. The van der Waals surface area contributed by atoms with E-state index in [4.69, 9.17) is 9.84 Å². The largest absolute Gasteiger partial charge is 0.497 e. The molecule has 0 aliphatic rings. The van der Waals surface area contributed by atoms with Gasteiger partial charge in [0.1, 0.15) is 5.75 Å². The van der Waals surface area contributed by atoms with Crippen LogP contribution in [0.15, 0.2) is 54.7 Å². The molecule has 124 valence electrons. The highest BCUT2D eigenvalue weighted by molar-refractivity contribution is 5.62. The standard InChI is InChI=1S/C18H20N4O2/c1-24-18-9-7-14(8-10-18)19-15-4-2-6-17(12-15)22-13-16(20-21-22)5-3-11-23/h2,4,6-10,12-13,19,23H,3,5,11H2,1H3. The van der Waals surface area contributed by atoms with Gasteiger partial charge in [0, 0.05) is 18.0 Å². The Bertz CT molecular complexity index is 784. The van der Waals surface area contributed by atoms with Crippen LogP contribution in [0.5, 0.6) is 5.75 Å². The molecule has 6 heteroatoms. The summed E-state index contributed by atoms with van der Waals surface area (Å²) in [6, 6.07) is 15.7. The number of benzene rings is 2. The van der Waals surface area contributed by atoms with E-state index < -0.39 is 0 Å². The first kappa shape index (κ1) is 16.0. The minimum Gasteiger partial charge on any atom is -0.497 e. The van der Waals surface area contributed by atoms with Crippen LogP contribution in [0.4, 0.5) is 11.4 Å². The normalized spacial score (nSPS) is 10.6. The van der Waals surface area contributed by atoms with Crippen molar-refractivity contribution in [1.29, 1.82) is 0 Å². The molecule has 0 radical (unpaired) electrons. The smallest absolute Gasteiger partial charge is 0.119 e. The second-order valence-corrected chi connectivity index (χ2v) is 5.39. The van der Waals surface area contributed by atoms with Crippen molar-refractivity contribution in [3.05, 3.63) is 60.4 Å². The molecule has 3 rings (SSSR count). The fraction of sp³-hybridized carbons (Fsp3) is 0.222. The predicted octanol–water partition coefficient (Wildman–Crippen LogP) is 2.94. The Labute approximate surface area is 140 Å². The molecule has 0 unspecified atom stereocenters. The molecule has 2 aromatic carbocycles. The maximum Gasteiger partial charge on any atom is 0.119 e. The zero-order valence-electron chi connectivity index (χ0n) is 13.5. The van der Waals surface area contributed by atoms with E-state index in [1.165, 1.54) is 0 Å². The number of nitrogens with zero attached hydrogens (tertiary/aromatic N) is 3. The lowest BCUT2D eigenvalue weighted by Crippen LogP contribution is -1.97. The number of aryl methyl sites for hydroxylation is 1. The van der Waals surface area contributed by atoms with E-state index in [1.807, 2.05) is 54.7 Å². The van der Waals surface area contributed by atoms with Crippen molar-refractivity contribution in [2.75, 3.05) is 19.0 Å². The van der Waals surface area contributed by atoms with E-state index in [2.05, 4.69) is 15.6 Å². The van der Waals surface area contributed by atoms with Gasteiger partial charge in [-0.1, -0.05) is 11.3 Å². The average molecular weight is 324 g/mol. The minimum absolute atomic E-state index is 0.161. The zero-order chi connectivity index (χ0) is 16.8. The maximum absolute atomic E-state index is 8.89. The zero-order valence-corrected chi connectivity index (χ0v) is 13.5. The Kier molecular flexibility index (Phi) is 5.08. The highest BCUT2D eigenvalue weighted by Crippen LogP contribution is 2.21. The number of anilines is 2. The van der Waals surface area contributed by atoms with Crippen molar-refractivity contribution in [2.24, 2.45) is 0 Å². The van der Waals surface area contributed by atoms with Gasteiger partial charge in [0.05, 0.1) is 24.7 Å². The lowest BCUT2D eigenvalue weighted by molar-refractivity contribution is 0.288. The third kappa shape index (κ3) is 3.91. The molecule has 0 saturated heterocycles. The highest BCUT2D eigenvalue weighted by Gasteiger charge is 2.04. The molecule has 0 aliphatic heterocycles. The lowest BCUT2D eigenvalue weighted by Gasteiger charge is -2.09. The quantitative estimate of drug-likeness (QED) is 0.699. The lowest BCUT2D eigenvalue weighted by atomic mass is 10.2. The molecule has 0 atom stereocenters. The molecule has 0 bridgehead atoms. The third-order valence-corrected chi connectivity index (χ3v) is 3.62. The van der Waals surface area contributed by atoms with Crippen molar-refractivity contribution in [2.45, 2.75) is 12.8 Å². The van der Waals surface area contributed by atoms with Gasteiger partial charge >= 0.3 is 0 Å². The van der Waals surface area contributed by atoms with Crippen molar-refractivity contribution < 1.29 is 9.84 Å². The highest BCUT2D eigenvalue weighted by atomic mass is 16.5. The molecule has 0 spiro atoms. The Morgan fingerprint density at radius 3 is 2.71 bits per heavy atom. The molecule has 3 aromatic rings. The summed E-state index contributed by atoms with van der Waals surface area (Å²) in [6.07, 6.45) is 3.31. The number of nitrogens with one attached hydrogen (secondary N) is 1. The first-order chi connectivity index (χ1) is 11.8. The molecule has 0 aliphatic carbocycles. The fourth-order valence-corrected chi connectivity index (χ4v) is 2.37. The van der Waals surface area contributed by atoms with Gasteiger partial charge in [-0.15, -0.1) is 5.10 Å². The summed E-state index contributed by atoms with van der Waals surface area (Å²) in [7, 11) is 1.65. The Balaban J connectivity index is 1.74. The van der Waals surface area contributed by atoms with E-state index in [0.717, 1.165) is 34.9 Å². The second-order valence-electron chi connectivity index (χ2n) is 5.39. The third-order valence-electron chi connectivity index (χ3n) is 3.62. The summed E-state index contributed by atoms with van der Waals surface area (Å²) in [5.41, 5.74) is 3.74. The van der Waals surface area contributed by atoms with Crippen LogP contribution in [0.3, 0.4) is 0 Å². The van der Waals surface area contributed by atoms with Crippen molar-refractivity contribution >= 4 is 11.4 Å². The van der Waals surface area contributed by atoms with Crippen LogP contribution in [-0.4, -0.2) is 33.8 Å². The molecule has 1 aromatic heterocycles. The van der Waals surface area contributed by atoms with Crippen LogP contribution in [0.25, 0.3) is 5.69 Å². The number of aromatic nitrogens is 3. The van der Waals surface area contributed by atoms with Gasteiger partial charge in [0.15, 0.2) is 0 Å². The van der Waals surface area contributed by atoms with Gasteiger partial charge in [-0.25, -0.2) is 4.68 Å². The number of hydrogen-bond donors (Lipinski definition) is 2. The van der Waals surface area contributed by atoms with E-state index in [9.17, 15) is 0 Å². The Morgan fingerprint density at radius 1 is 1.12 bits per heavy atom. The molecule has 2 N–H and O–H groups in total. The van der Waals surface area contributed by atoms with E-state index in [0.29, 0.717) is 6.42 Å². The number of aliphatic hydroxyl groups excluding tert-OH is 1. The molecule has 24 heavy (non-hydrogen) atoms. The van der Waals surface area contributed by atoms with E-state index in [-0.39, 0.29) is 6.61 Å². The summed E-state index contributed by atoms with van der Waals surface area (Å²) < 4.78 is 6.91. The summed E-state index contributed by atoms with van der Waals surface area (Å²) in [5, 5.41) is 20.5. The van der Waals surface area contributed by atoms with Crippen molar-refractivity contribution in [3.8, 4) is 11.4 Å². The van der Waals surface area contributed by atoms with Gasteiger partial charge < -0.3 is 15.2 Å². The second kappa shape index (κ2) is 7.61. The van der Waals surface area contributed by atoms with Gasteiger partial charge in [-0.3, -0.25) is 0 Å². The summed E-state index contributed by atoms with van der Waals surface area (Å²) in [6.45, 7) is 0.161. The van der Waals surface area contributed by atoms with Crippen molar-refractivity contribution in [1.82, 2.24) is 15.0 Å². The molecule has 0 amide bonds. The van der Waals surface area contributed by atoms with Crippen LogP contribution in [-0.2, 0) is 6.42 Å². The summed E-state index contributed by atoms with van der Waals surface area (Å²) >= 11 is 0. The summed E-state index contributed by atoms with van der Waals surface area (Å²) in [5.74, 6) is 0.826. The topological polar surface area (TPSA) is 72.2 Å². The molecule has 0 fully saturated rings. The van der Waals surface area contributed by atoms with Crippen LogP contribution < -0.4 is 10.1 Å². The van der Waals surface area contributed by atoms with Gasteiger partial charge in [0.2, 0.25) is 0 Å². The predicted molar refractivity (Wildman–Crippen MR) is 93.0 cm³/mol. The van der Waals surface area contributed by atoms with Crippen LogP contribution in [0, 0.1) is 0 Å². The number of ether oxygens (including phenoxy) is 1. The first-order valence-electron chi connectivity index (χ1n) is 7.82. The van der Waals surface area contributed by atoms with Crippen LogP contribution in [0.1, 0.15) is 12.1 Å². The first-order valence-corrected chi connectivity index (χ1v) is 7.82. The number of methoxy groups -OCH3 is 1. The van der Waals surface area contributed by atoms with Crippen LogP contribution in [0.2, 0.25) is 0 Å². The fourth-order valence-electron chi connectivity index (χ4n) is 2.37. The molecule has 1 heterocycles. The van der Waals surface area contributed by atoms with Gasteiger partial charge in [0.25, 0.3) is 0 Å². The van der Waals surface area contributed by atoms with E-state index >= 15 is 0 Å². The molecule has 6 nitrogen and oxygen atoms in total. The summed E-state index contributed by atoms with van der Waals surface area (Å²) in [4.78, 5) is 0. The Hall–Kier alpha value is -2.86. The molecular weight excluding hydrogens is 304 g/mol. The molecule has 0 saturated carbocycles. The number of aliphatic hydroxyl groups is 1. The molecular formula is C18H20N4O2. The SMILES string of the molecule is COc1ccc(Nc2cccc(-n3cc(CCCO)nn3)c2)cc1. The van der Waals surface area contributed by atoms with E-state index in [1.54, 1.807) is 11.8 Å². The number of hydrogen-bond acceptors (Lipinski definition) is 5. The average Bonchev–Trinajstić information content (AvgIpc) is 3.10.